The molecule has 0 amide bonds. The van der Waals surface area contributed by atoms with Crippen molar-refractivity contribution in [3.8, 4) is 22.8 Å². The maximum Gasteiger partial charge on any atom is 0.404 e. The van der Waals surface area contributed by atoms with Gasteiger partial charge in [0.05, 0.1) is 38.0 Å². The van der Waals surface area contributed by atoms with E-state index in [2.05, 4.69) is 9.97 Å². The molecule has 1 N–H and O–H groups in total. The van der Waals surface area contributed by atoms with Crippen LogP contribution in [0, 0.1) is 5.82 Å². The number of nitrogens with one attached hydrogen (secondary N) is 1. The molecule has 0 saturated heterocycles. The van der Waals surface area contributed by atoms with Gasteiger partial charge in [-0.05, 0) is 53.5 Å². The number of nitrogens with zero attached hydrogens (tertiary/aromatic N) is 2. The van der Waals surface area contributed by atoms with Crippen LogP contribution in [0.3, 0.4) is 0 Å². The average molecular weight is 554 g/mol. The monoisotopic (exact) mass is 553 g/mol. The number of anilines is 1. The molecule has 7 nitrogen and oxygen atoms in total. The van der Waals surface area contributed by atoms with Gasteiger partial charge in [0.2, 0.25) is 15.9 Å². The summed E-state index contributed by atoms with van der Waals surface area (Å²) in [5.41, 5.74) is 2.50. The van der Waals surface area contributed by atoms with Gasteiger partial charge >= 0.3 is 6.18 Å². The van der Waals surface area contributed by atoms with E-state index in [4.69, 9.17) is 9.47 Å². The SMILES string of the molecule is COc1ncc(F)cc1-c1cc(/C=C/c2ccc(NS(=O)(=O)CC(F)(F)F)cn2)c(OC)c(C(C)(C)C)c1. The normalized spacial score (nSPS) is 12.6. The van der Waals surface area contributed by atoms with Gasteiger partial charge in [-0.1, -0.05) is 20.8 Å². The van der Waals surface area contributed by atoms with Gasteiger partial charge < -0.3 is 9.47 Å². The van der Waals surface area contributed by atoms with Gasteiger partial charge in [-0.3, -0.25) is 9.71 Å². The maximum atomic E-state index is 14.1. The lowest BCUT2D eigenvalue weighted by atomic mass is 9.83. The van der Waals surface area contributed by atoms with Crippen LogP contribution in [0.1, 0.15) is 37.6 Å². The Balaban J connectivity index is 2.01. The zero-order valence-electron chi connectivity index (χ0n) is 21.4. The van der Waals surface area contributed by atoms with Crippen LogP contribution in [-0.2, 0) is 15.4 Å². The van der Waals surface area contributed by atoms with Gasteiger partial charge in [0, 0.05) is 16.7 Å². The van der Waals surface area contributed by atoms with Crippen molar-refractivity contribution in [3.63, 3.8) is 0 Å². The van der Waals surface area contributed by atoms with Crippen molar-refractivity contribution >= 4 is 27.9 Å². The predicted octanol–water partition coefficient (Wildman–Crippen LogP) is 6.07. The van der Waals surface area contributed by atoms with Crippen LogP contribution in [0.5, 0.6) is 11.6 Å². The molecule has 1 aromatic carbocycles. The molecule has 2 aromatic heterocycles. The second-order valence-electron chi connectivity index (χ2n) is 9.39. The van der Waals surface area contributed by atoms with E-state index >= 15 is 0 Å². The molecule has 0 fully saturated rings. The molecule has 0 bridgehead atoms. The zero-order chi connectivity index (χ0) is 28.3. The lowest BCUT2D eigenvalue weighted by molar-refractivity contribution is -0.106. The maximum absolute atomic E-state index is 14.1. The number of benzene rings is 1. The summed E-state index contributed by atoms with van der Waals surface area (Å²) in [6, 6.07) is 7.74. The number of aromatic nitrogens is 2. The molecule has 0 aliphatic carbocycles. The van der Waals surface area contributed by atoms with Crippen molar-refractivity contribution in [1.82, 2.24) is 9.97 Å². The van der Waals surface area contributed by atoms with Crippen LogP contribution in [0.4, 0.5) is 23.2 Å². The number of ether oxygens (including phenoxy) is 2. The second kappa shape index (κ2) is 11.0. The summed E-state index contributed by atoms with van der Waals surface area (Å²) < 4.78 is 87.7. The summed E-state index contributed by atoms with van der Waals surface area (Å²) in [4.78, 5) is 8.12. The minimum atomic E-state index is -4.87. The summed E-state index contributed by atoms with van der Waals surface area (Å²) in [5.74, 6) is -1.70. The summed E-state index contributed by atoms with van der Waals surface area (Å²) in [7, 11) is -1.64. The highest BCUT2D eigenvalue weighted by molar-refractivity contribution is 7.92. The fourth-order valence-electron chi connectivity index (χ4n) is 3.68. The van der Waals surface area contributed by atoms with Gasteiger partial charge in [0.15, 0.2) is 5.75 Å². The molecule has 204 valence electrons. The summed E-state index contributed by atoms with van der Waals surface area (Å²) in [6.07, 6.45) is 0.657. The summed E-state index contributed by atoms with van der Waals surface area (Å²) in [5, 5.41) is 0. The van der Waals surface area contributed by atoms with Crippen molar-refractivity contribution < 1.29 is 35.5 Å². The van der Waals surface area contributed by atoms with Crippen LogP contribution in [0.15, 0.2) is 42.7 Å². The van der Waals surface area contributed by atoms with Gasteiger partial charge in [-0.25, -0.2) is 17.8 Å². The lowest BCUT2D eigenvalue weighted by Crippen LogP contribution is -2.27. The number of hydrogen-bond donors (Lipinski definition) is 1. The van der Waals surface area contributed by atoms with Gasteiger partial charge in [0.1, 0.15) is 11.6 Å². The standard InChI is InChI=1S/C26H27F4N3O4S/c1-25(2,3)22-11-17(21-12-18(27)13-32-24(21)37-5)10-16(23(22)36-4)6-7-19-8-9-20(14-31-19)33-38(34,35)15-26(28,29)30/h6-14,33H,15H2,1-5H3/b7-6+. The van der Waals surface area contributed by atoms with E-state index in [9.17, 15) is 26.0 Å². The number of alkyl halides is 3. The fourth-order valence-corrected chi connectivity index (χ4v) is 4.67. The first-order chi connectivity index (χ1) is 17.6. The van der Waals surface area contributed by atoms with E-state index in [0.29, 0.717) is 28.1 Å². The molecule has 2 heterocycles. The molecule has 0 atom stereocenters. The molecule has 3 aromatic rings. The fraction of sp³-hybridized carbons (Fsp3) is 0.308. The van der Waals surface area contributed by atoms with Gasteiger partial charge in [-0.2, -0.15) is 13.2 Å². The molecule has 0 saturated carbocycles. The van der Waals surface area contributed by atoms with Gasteiger partial charge in [-0.15, -0.1) is 0 Å². The van der Waals surface area contributed by atoms with Crippen LogP contribution in [-0.4, -0.2) is 44.5 Å². The average Bonchev–Trinajstić information content (AvgIpc) is 2.80. The van der Waals surface area contributed by atoms with Gasteiger partial charge in [0.25, 0.3) is 0 Å². The third kappa shape index (κ3) is 7.44. The minimum absolute atomic E-state index is 0.105. The third-order valence-electron chi connectivity index (χ3n) is 5.30. The third-order valence-corrected chi connectivity index (χ3v) is 6.55. The first kappa shape index (κ1) is 28.9. The van der Waals surface area contributed by atoms with E-state index in [1.807, 2.05) is 31.6 Å². The minimum Gasteiger partial charge on any atom is -0.496 e. The first-order valence-corrected chi connectivity index (χ1v) is 12.9. The Labute approximate surface area is 218 Å². The molecule has 12 heteroatoms. The van der Waals surface area contributed by atoms with Crippen molar-refractivity contribution in [1.29, 1.82) is 0 Å². The highest BCUT2D eigenvalue weighted by atomic mass is 32.2. The number of halogens is 4. The number of sulfonamides is 1. The first-order valence-electron chi connectivity index (χ1n) is 11.3. The van der Waals surface area contributed by atoms with Crippen LogP contribution in [0.2, 0.25) is 0 Å². The lowest BCUT2D eigenvalue weighted by Gasteiger charge is -2.25. The summed E-state index contributed by atoms with van der Waals surface area (Å²) in [6.45, 7) is 6.01. The molecule has 3 rings (SSSR count). The predicted molar refractivity (Wildman–Crippen MR) is 138 cm³/mol. The van der Waals surface area contributed by atoms with E-state index in [-0.39, 0.29) is 17.0 Å². The smallest absolute Gasteiger partial charge is 0.404 e. The largest absolute Gasteiger partial charge is 0.496 e. The van der Waals surface area contributed by atoms with Crippen molar-refractivity contribution in [2.75, 3.05) is 24.7 Å². The Hall–Kier alpha value is -3.67. The molecule has 0 aliphatic heterocycles. The van der Waals surface area contributed by atoms with Crippen LogP contribution >= 0.6 is 0 Å². The Kier molecular flexibility index (Phi) is 8.35. The number of pyridine rings is 2. The molecule has 0 unspecified atom stereocenters. The quantitative estimate of drug-likeness (QED) is 0.341. The molecule has 0 spiro atoms. The highest BCUT2D eigenvalue weighted by Crippen LogP contribution is 2.40. The second-order valence-corrected chi connectivity index (χ2v) is 11.1. The number of hydrogen-bond acceptors (Lipinski definition) is 6. The Morgan fingerprint density at radius 2 is 1.68 bits per heavy atom. The van der Waals surface area contributed by atoms with E-state index in [0.717, 1.165) is 18.0 Å². The van der Waals surface area contributed by atoms with E-state index in [1.54, 1.807) is 18.2 Å². The Bertz CT molecular complexity index is 1430. The summed E-state index contributed by atoms with van der Waals surface area (Å²) >= 11 is 0. The highest BCUT2D eigenvalue weighted by Gasteiger charge is 2.35. The zero-order valence-corrected chi connectivity index (χ0v) is 22.2. The number of methoxy groups -OCH3 is 2. The van der Waals surface area contributed by atoms with Crippen LogP contribution in [0.25, 0.3) is 23.3 Å². The molecular weight excluding hydrogens is 526 g/mol. The molecular formula is C26H27F4N3O4S. The van der Waals surface area contributed by atoms with Crippen molar-refractivity contribution in [2.24, 2.45) is 0 Å². The van der Waals surface area contributed by atoms with E-state index < -0.39 is 27.8 Å². The number of rotatable bonds is 8. The topological polar surface area (TPSA) is 90.4 Å². The molecule has 38 heavy (non-hydrogen) atoms. The molecule has 0 radical (unpaired) electrons. The van der Waals surface area contributed by atoms with Crippen LogP contribution < -0.4 is 14.2 Å². The van der Waals surface area contributed by atoms with Crippen molar-refractivity contribution in [3.05, 3.63) is 65.4 Å². The van der Waals surface area contributed by atoms with Crippen molar-refractivity contribution in [2.45, 2.75) is 32.4 Å². The Morgan fingerprint density at radius 3 is 2.24 bits per heavy atom. The Morgan fingerprint density at radius 1 is 0.974 bits per heavy atom. The van der Waals surface area contributed by atoms with E-state index in [1.165, 1.54) is 32.4 Å². The molecule has 0 aliphatic rings.